The lowest BCUT2D eigenvalue weighted by Crippen LogP contribution is -2.27. The summed E-state index contributed by atoms with van der Waals surface area (Å²) in [6, 6.07) is 11.9. The van der Waals surface area contributed by atoms with Crippen molar-refractivity contribution in [1.29, 1.82) is 0 Å². The Balaban J connectivity index is 1.64. The summed E-state index contributed by atoms with van der Waals surface area (Å²) in [7, 11) is -4.12. The molecule has 1 heterocycles. The van der Waals surface area contributed by atoms with Crippen LogP contribution in [0, 0.1) is 0 Å². The fourth-order valence-corrected chi connectivity index (χ4v) is 4.66. The van der Waals surface area contributed by atoms with E-state index in [1.54, 1.807) is 0 Å². The molecule has 2 aromatic rings. The number of rotatable bonds is 4. The standard InChI is InChI=1S/C21H21N3O4S/c22-29(27,28)19-6-2-5-16-20(19)18(25)12-17(21(16)26)24-15-4-1-3-14(11-15)13-7-9-23-10-8-13/h1-6,11-13,23-24H,7-10H2,(H2,22,27,28). The van der Waals surface area contributed by atoms with Crippen LogP contribution in [0.5, 0.6) is 0 Å². The van der Waals surface area contributed by atoms with Crippen molar-refractivity contribution >= 4 is 27.3 Å². The van der Waals surface area contributed by atoms with Crippen molar-refractivity contribution in [1.82, 2.24) is 5.32 Å². The number of Topliss-reactive ketones (excluding diaryl/α,β-unsaturated/α-hetero) is 1. The molecule has 0 radical (unpaired) electrons. The molecule has 4 rings (SSSR count). The molecule has 4 N–H and O–H groups in total. The quantitative estimate of drug-likeness (QED) is 0.710. The third kappa shape index (κ3) is 3.87. The van der Waals surface area contributed by atoms with E-state index >= 15 is 0 Å². The van der Waals surface area contributed by atoms with Crippen molar-refractivity contribution in [2.75, 3.05) is 18.4 Å². The Hall–Kier alpha value is -2.81. The Morgan fingerprint density at radius 3 is 2.48 bits per heavy atom. The number of hydrogen-bond acceptors (Lipinski definition) is 6. The number of piperidine rings is 1. The number of hydrogen-bond donors (Lipinski definition) is 3. The third-order valence-electron chi connectivity index (χ3n) is 5.32. The third-order valence-corrected chi connectivity index (χ3v) is 6.27. The number of fused-ring (bicyclic) bond motifs is 1. The molecule has 7 nitrogen and oxygen atoms in total. The zero-order valence-corrected chi connectivity index (χ0v) is 16.5. The lowest BCUT2D eigenvalue weighted by Gasteiger charge is -2.24. The molecule has 2 aliphatic rings. The zero-order valence-electron chi connectivity index (χ0n) is 15.6. The van der Waals surface area contributed by atoms with Crippen LogP contribution in [0.1, 0.15) is 45.0 Å². The molecule has 1 aliphatic carbocycles. The van der Waals surface area contributed by atoms with Gasteiger partial charge in [-0.15, -0.1) is 0 Å². The van der Waals surface area contributed by atoms with Crippen LogP contribution in [0.25, 0.3) is 0 Å². The number of carbonyl (C=O) groups excluding carboxylic acids is 2. The van der Waals surface area contributed by atoms with Crippen molar-refractivity contribution in [2.45, 2.75) is 23.7 Å². The van der Waals surface area contributed by atoms with Gasteiger partial charge in [0.05, 0.1) is 16.2 Å². The minimum absolute atomic E-state index is 0.0287. The second-order valence-electron chi connectivity index (χ2n) is 7.25. The van der Waals surface area contributed by atoms with Crippen LogP contribution in [0.15, 0.2) is 59.1 Å². The maximum atomic E-state index is 12.9. The number of allylic oxidation sites excluding steroid dienone is 2. The van der Waals surface area contributed by atoms with E-state index in [1.807, 2.05) is 18.2 Å². The van der Waals surface area contributed by atoms with E-state index in [0.29, 0.717) is 11.6 Å². The number of ketones is 2. The topological polar surface area (TPSA) is 118 Å². The monoisotopic (exact) mass is 411 g/mol. The van der Waals surface area contributed by atoms with Gasteiger partial charge >= 0.3 is 0 Å². The molecule has 1 aliphatic heterocycles. The minimum Gasteiger partial charge on any atom is -0.352 e. The van der Waals surface area contributed by atoms with E-state index in [9.17, 15) is 18.0 Å². The Bertz CT molecular complexity index is 1130. The summed E-state index contributed by atoms with van der Waals surface area (Å²) in [4.78, 5) is 25.2. The van der Waals surface area contributed by atoms with Gasteiger partial charge in [0.1, 0.15) is 0 Å². The smallest absolute Gasteiger partial charge is 0.238 e. The first-order valence-corrected chi connectivity index (χ1v) is 10.9. The molecule has 29 heavy (non-hydrogen) atoms. The second kappa shape index (κ2) is 7.55. The van der Waals surface area contributed by atoms with Crippen LogP contribution >= 0.6 is 0 Å². The van der Waals surface area contributed by atoms with Gasteiger partial charge in [-0.25, -0.2) is 13.6 Å². The highest BCUT2D eigenvalue weighted by atomic mass is 32.2. The average Bonchev–Trinajstić information content (AvgIpc) is 2.71. The highest BCUT2D eigenvalue weighted by molar-refractivity contribution is 7.89. The summed E-state index contributed by atoms with van der Waals surface area (Å²) < 4.78 is 23.6. The maximum absolute atomic E-state index is 12.9. The Morgan fingerprint density at radius 1 is 1.03 bits per heavy atom. The van der Waals surface area contributed by atoms with Crippen molar-refractivity contribution in [2.24, 2.45) is 5.14 Å². The molecule has 0 aromatic heterocycles. The Labute approximate surface area is 169 Å². The van der Waals surface area contributed by atoms with Gasteiger partial charge in [-0.05, 0) is 55.6 Å². The molecular weight excluding hydrogens is 390 g/mol. The van der Waals surface area contributed by atoms with Crippen LogP contribution in [0.2, 0.25) is 0 Å². The van der Waals surface area contributed by atoms with Crippen LogP contribution in [0.4, 0.5) is 5.69 Å². The molecule has 1 fully saturated rings. The Kier molecular flexibility index (Phi) is 5.08. The largest absolute Gasteiger partial charge is 0.352 e. The van der Waals surface area contributed by atoms with Crippen LogP contribution in [-0.4, -0.2) is 33.1 Å². The average molecular weight is 411 g/mol. The number of benzene rings is 2. The first kappa shape index (κ1) is 19.5. The molecule has 2 aromatic carbocycles. The first-order valence-electron chi connectivity index (χ1n) is 9.39. The molecular formula is C21H21N3O4S. The normalized spacial score (nSPS) is 17.6. The van der Waals surface area contributed by atoms with Crippen LogP contribution in [-0.2, 0) is 10.0 Å². The van der Waals surface area contributed by atoms with E-state index < -0.39 is 21.6 Å². The number of anilines is 1. The number of nitrogens with two attached hydrogens (primary N) is 1. The minimum atomic E-state index is -4.12. The fraction of sp³-hybridized carbons (Fsp3) is 0.238. The summed E-state index contributed by atoms with van der Waals surface area (Å²) in [5.41, 5.74) is 1.86. The van der Waals surface area contributed by atoms with E-state index in [-0.39, 0.29) is 21.7 Å². The van der Waals surface area contributed by atoms with Gasteiger partial charge in [-0.3, -0.25) is 9.59 Å². The van der Waals surface area contributed by atoms with Crippen LogP contribution in [0.3, 0.4) is 0 Å². The Morgan fingerprint density at radius 2 is 1.76 bits per heavy atom. The fourth-order valence-electron chi connectivity index (χ4n) is 3.90. The van der Waals surface area contributed by atoms with Gasteiger partial charge in [-0.1, -0.05) is 24.3 Å². The van der Waals surface area contributed by atoms with Crippen molar-refractivity contribution < 1.29 is 18.0 Å². The molecule has 1 saturated heterocycles. The van der Waals surface area contributed by atoms with Crippen molar-refractivity contribution in [3.63, 3.8) is 0 Å². The van der Waals surface area contributed by atoms with E-state index in [2.05, 4.69) is 16.7 Å². The van der Waals surface area contributed by atoms with Crippen molar-refractivity contribution in [3.05, 3.63) is 70.9 Å². The van der Waals surface area contributed by atoms with E-state index in [0.717, 1.165) is 32.0 Å². The summed E-state index contributed by atoms with van der Waals surface area (Å²) in [5.74, 6) is -0.563. The SMILES string of the molecule is NS(=O)(=O)c1cccc2c1C(=O)C=C(Nc1cccc(C3CCNCC3)c1)C2=O. The maximum Gasteiger partial charge on any atom is 0.238 e. The van der Waals surface area contributed by atoms with Gasteiger partial charge < -0.3 is 10.6 Å². The zero-order chi connectivity index (χ0) is 20.6. The van der Waals surface area contributed by atoms with Gasteiger partial charge in [0, 0.05) is 17.3 Å². The molecule has 0 bridgehead atoms. The number of sulfonamides is 1. The summed E-state index contributed by atoms with van der Waals surface area (Å²) in [6.45, 7) is 1.95. The second-order valence-corrected chi connectivity index (χ2v) is 8.78. The summed E-state index contributed by atoms with van der Waals surface area (Å²) in [6.07, 6.45) is 3.23. The lowest BCUT2D eigenvalue weighted by molar-refractivity contribution is 0.0983. The predicted octanol–water partition coefficient (Wildman–Crippen LogP) is 2.18. The summed E-state index contributed by atoms with van der Waals surface area (Å²) >= 11 is 0. The van der Waals surface area contributed by atoms with Gasteiger partial charge in [0.15, 0.2) is 5.78 Å². The number of carbonyl (C=O) groups is 2. The highest BCUT2D eigenvalue weighted by Gasteiger charge is 2.31. The predicted molar refractivity (Wildman–Crippen MR) is 109 cm³/mol. The van der Waals surface area contributed by atoms with Gasteiger partial charge in [-0.2, -0.15) is 0 Å². The highest BCUT2D eigenvalue weighted by Crippen LogP contribution is 2.30. The van der Waals surface area contributed by atoms with Gasteiger partial charge in [0.2, 0.25) is 15.8 Å². The molecule has 0 atom stereocenters. The van der Waals surface area contributed by atoms with Crippen LogP contribution < -0.4 is 15.8 Å². The molecule has 8 heteroatoms. The lowest BCUT2D eigenvalue weighted by atomic mass is 9.90. The van der Waals surface area contributed by atoms with E-state index in [1.165, 1.54) is 23.8 Å². The number of nitrogens with one attached hydrogen (secondary N) is 2. The van der Waals surface area contributed by atoms with E-state index in [4.69, 9.17) is 5.14 Å². The molecule has 0 saturated carbocycles. The molecule has 0 amide bonds. The number of primary sulfonamides is 1. The molecule has 0 spiro atoms. The molecule has 0 unspecified atom stereocenters. The first-order chi connectivity index (χ1) is 13.8. The van der Waals surface area contributed by atoms with Gasteiger partial charge in [0.25, 0.3) is 0 Å². The summed E-state index contributed by atoms with van der Waals surface area (Å²) in [5, 5.41) is 11.6. The molecule has 150 valence electrons. The van der Waals surface area contributed by atoms with Crippen molar-refractivity contribution in [3.8, 4) is 0 Å².